The van der Waals surface area contributed by atoms with Crippen molar-refractivity contribution in [1.29, 1.82) is 0 Å². The molecule has 7 N–H and O–H groups in total. The zero-order chi connectivity index (χ0) is 44.3. The summed E-state index contributed by atoms with van der Waals surface area (Å²) in [7, 11) is 0. The van der Waals surface area contributed by atoms with Crippen LogP contribution < -0.4 is 22.5 Å². The van der Waals surface area contributed by atoms with E-state index in [1.54, 1.807) is 0 Å². The summed E-state index contributed by atoms with van der Waals surface area (Å²) in [6.45, 7) is 11.1. The van der Waals surface area contributed by atoms with Crippen molar-refractivity contribution in [1.82, 2.24) is 14.5 Å². The maximum absolute atomic E-state index is 7.14. The molecule has 0 aliphatic carbocycles. The van der Waals surface area contributed by atoms with E-state index in [9.17, 15) is 0 Å². The first kappa shape index (κ1) is 44.1. The van der Waals surface area contributed by atoms with E-state index in [1.165, 1.54) is 5.56 Å². The predicted octanol–water partition coefficient (Wildman–Crippen LogP) is 11.3. The van der Waals surface area contributed by atoms with E-state index in [0.717, 1.165) is 55.4 Å². The summed E-state index contributed by atoms with van der Waals surface area (Å²) >= 11 is 0. The zero-order valence-corrected chi connectivity index (χ0v) is 37.0. The Balaban J connectivity index is 1.31. The number of amidine groups is 1. The van der Waals surface area contributed by atoms with Gasteiger partial charge >= 0.3 is 0 Å². The van der Waals surface area contributed by atoms with Crippen molar-refractivity contribution in [3.8, 4) is 0 Å². The minimum atomic E-state index is -0.312. The van der Waals surface area contributed by atoms with Crippen LogP contribution in [-0.4, -0.2) is 39.4 Å². The number of benzene rings is 5. The van der Waals surface area contributed by atoms with Crippen molar-refractivity contribution in [2.45, 2.75) is 58.8 Å². The molecule has 0 aliphatic rings. The molecule has 0 aliphatic heterocycles. The Morgan fingerprint density at radius 2 is 1.35 bits per heavy atom. The maximum atomic E-state index is 7.14. The van der Waals surface area contributed by atoms with Crippen molar-refractivity contribution in [3.05, 3.63) is 204 Å². The molecule has 0 saturated carbocycles. The summed E-state index contributed by atoms with van der Waals surface area (Å²) < 4.78 is 4.41. The lowest BCUT2D eigenvalue weighted by molar-refractivity contribution is 0.420. The molecular weight excluding hydrogens is 773 g/mol. The molecule has 2 heterocycles. The van der Waals surface area contributed by atoms with Gasteiger partial charge < -0.3 is 17.2 Å². The van der Waals surface area contributed by atoms with Crippen LogP contribution in [0.1, 0.15) is 69.1 Å². The topological polar surface area (TPSA) is 125 Å². The second kappa shape index (κ2) is 20.7. The molecule has 5 unspecified atom stereocenters. The first-order chi connectivity index (χ1) is 30.7. The van der Waals surface area contributed by atoms with Crippen LogP contribution in [-0.2, 0) is 0 Å². The minimum absolute atomic E-state index is 0.00898. The van der Waals surface area contributed by atoms with Crippen molar-refractivity contribution >= 4 is 56.3 Å². The lowest BCUT2D eigenvalue weighted by Crippen LogP contribution is -2.41. The number of allylic oxidation sites excluding steroid dienone is 7. The van der Waals surface area contributed by atoms with Gasteiger partial charge in [-0.15, -0.1) is 0 Å². The predicted molar refractivity (Wildman–Crippen MR) is 270 cm³/mol. The second-order valence-electron chi connectivity index (χ2n) is 16.1. The molecular formula is C55H60N8. The van der Waals surface area contributed by atoms with Gasteiger partial charge in [0.1, 0.15) is 17.5 Å². The highest BCUT2D eigenvalue weighted by molar-refractivity contribution is 6.19. The van der Waals surface area contributed by atoms with Crippen LogP contribution >= 0.6 is 0 Å². The second-order valence-corrected chi connectivity index (χ2v) is 16.1. The third-order valence-electron chi connectivity index (χ3n) is 11.8. The highest BCUT2D eigenvalue weighted by Crippen LogP contribution is 2.35. The lowest BCUT2D eigenvalue weighted by atomic mass is 9.87. The van der Waals surface area contributed by atoms with E-state index in [2.05, 4.69) is 126 Å². The average Bonchev–Trinajstić information content (AvgIpc) is 3.83. The van der Waals surface area contributed by atoms with Crippen molar-refractivity contribution in [3.63, 3.8) is 0 Å². The van der Waals surface area contributed by atoms with E-state index in [-0.39, 0.29) is 30.1 Å². The number of aromatic nitrogens is 2. The fourth-order valence-electron chi connectivity index (χ4n) is 8.10. The van der Waals surface area contributed by atoms with Gasteiger partial charge in [-0.25, -0.2) is 0 Å². The Morgan fingerprint density at radius 3 is 2.05 bits per heavy atom. The third-order valence-corrected chi connectivity index (χ3v) is 11.8. The number of para-hydroxylation sites is 1. The maximum Gasteiger partial charge on any atom is 0.132 e. The number of nitrogens with zero attached hydrogens (tertiary/aromatic N) is 4. The van der Waals surface area contributed by atoms with Crippen molar-refractivity contribution in [2.24, 2.45) is 33.1 Å². The smallest absolute Gasteiger partial charge is 0.132 e. The number of aliphatic imine (C=N–C) groups is 2. The summed E-state index contributed by atoms with van der Waals surface area (Å²) in [5.74, 6) is 2.20. The molecule has 7 aromatic rings. The molecule has 5 atom stereocenters. The largest absolute Gasteiger partial charge is 0.385 e. The van der Waals surface area contributed by atoms with Crippen LogP contribution in [0.4, 0.5) is 0 Å². The number of hydrogen-bond donors (Lipinski definition) is 4. The molecule has 0 bridgehead atoms. The Kier molecular flexibility index (Phi) is 14.5. The first-order valence-electron chi connectivity index (χ1n) is 21.9. The minimum Gasteiger partial charge on any atom is -0.385 e. The van der Waals surface area contributed by atoms with Gasteiger partial charge in [-0.2, -0.15) is 0 Å². The Labute approximate surface area is 372 Å². The van der Waals surface area contributed by atoms with E-state index in [4.69, 9.17) is 27.2 Å². The van der Waals surface area contributed by atoms with Gasteiger partial charge in [0.2, 0.25) is 0 Å². The first-order valence-corrected chi connectivity index (χ1v) is 21.9. The molecule has 0 amide bonds. The van der Waals surface area contributed by atoms with Crippen LogP contribution in [0, 0.1) is 5.92 Å². The standard InChI is InChI=1S/C55H60N8/c1-6-8-12-30-46-34-45-35-48-47-31-19-20-32-49(47)63(53(22-7-2)60-39(4)40(5)61-55(58)43-27-17-11-18-28-43)51(48)36-50(45)62(46)52(56)33-21-29-44(38(3)41-23-13-9-14-24-41)37-59-54(57)42-25-15-10-16-26-42/h6-36,38-40,44,55,61H,37,56,58H2,1-5H3,(H2,57,59)/b8-6-,22-7-,29-21-,30-12-,52-33+,60-53?. The number of hydrogen-bond acceptors (Lipinski definition) is 5. The molecule has 7 rings (SSSR count). The molecule has 0 spiro atoms. The normalized spacial score (nSPS) is 15.7. The molecule has 0 radical (unpaired) electrons. The highest BCUT2D eigenvalue weighted by atomic mass is 15.1. The van der Waals surface area contributed by atoms with Crippen LogP contribution in [0.5, 0.6) is 0 Å². The van der Waals surface area contributed by atoms with Gasteiger partial charge in [0.25, 0.3) is 0 Å². The van der Waals surface area contributed by atoms with Gasteiger partial charge in [0.15, 0.2) is 0 Å². The molecule has 5 aromatic carbocycles. The van der Waals surface area contributed by atoms with Crippen molar-refractivity contribution < 1.29 is 0 Å². The molecule has 8 nitrogen and oxygen atoms in total. The SMILES string of the molecule is C/C=C\C=C/c1cc2cc3c4ccccc4n(C(/C=C\C)=NC(C)C(C)NC(N)c4ccccc4)c3cc2n1/C(N)=C/C=C\C(CN=C(N)c1ccccc1)C(C)c1ccccc1. The van der Waals surface area contributed by atoms with E-state index >= 15 is 0 Å². The number of rotatable bonds is 16. The summed E-state index contributed by atoms with van der Waals surface area (Å²) in [5.41, 5.74) is 27.5. The van der Waals surface area contributed by atoms with Gasteiger partial charge in [-0.05, 0) is 87.2 Å². The molecule has 0 fully saturated rings. The third kappa shape index (κ3) is 10.2. The monoisotopic (exact) mass is 832 g/mol. The number of nitrogens with one attached hydrogen (secondary N) is 1. The summed E-state index contributed by atoms with van der Waals surface area (Å²) in [5, 5.41) is 6.94. The van der Waals surface area contributed by atoms with E-state index in [0.29, 0.717) is 18.2 Å². The number of fused-ring (bicyclic) bond motifs is 4. The molecule has 63 heavy (non-hydrogen) atoms. The zero-order valence-electron chi connectivity index (χ0n) is 37.0. The lowest BCUT2D eigenvalue weighted by Gasteiger charge is -2.24. The van der Waals surface area contributed by atoms with Gasteiger partial charge in [-0.1, -0.05) is 153 Å². The summed E-state index contributed by atoms with van der Waals surface area (Å²) in [4.78, 5) is 10.2. The molecule has 8 heteroatoms. The van der Waals surface area contributed by atoms with Crippen LogP contribution in [0.25, 0.3) is 44.6 Å². The number of nitrogens with two attached hydrogens (primary N) is 3. The van der Waals surface area contributed by atoms with Crippen LogP contribution in [0.2, 0.25) is 0 Å². The van der Waals surface area contributed by atoms with Crippen molar-refractivity contribution in [2.75, 3.05) is 6.54 Å². The van der Waals surface area contributed by atoms with Gasteiger partial charge in [0.05, 0.1) is 28.8 Å². The summed E-state index contributed by atoms with van der Waals surface area (Å²) in [6.07, 6.45) is 18.3. The van der Waals surface area contributed by atoms with Crippen LogP contribution in [0.15, 0.2) is 192 Å². The van der Waals surface area contributed by atoms with Gasteiger partial charge in [0, 0.05) is 45.9 Å². The summed E-state index contributed by atoms with van der Waals surface area (Å²) in [6, 6.07) is 45.7. The van der Waals surface area contributed by atoms with Gasteiger partial charge in [-0.3, -0.25) is 24.4 Å². The average molecular weight is 833 g/mol. The molecule has 320 valence electrons. The quantitative estimate of drug-likeness (QED) is 0.0335. The van der Waals surface area contributed by atoms with Crippen LogP contribution in [0.3, 0.4) is 0 Å². The molecule has 2 aromatic heterocycles. The Bertz CT molecular complexity index is 2840. The molecule has 0 saturated heterocycles. The highest BCUT2D eigenvalue weighted by Gasteiger charge is 2.21. The Morgan fingerprint density at radius 1 is 0.683 bits per heavy atom. The van der Waals surface area contributed by atoms with E-state index in [1.807, 2.05) is 111 Å². The van der Waals surface area contributed by atoms with E-state index < -0.39 is 0 Å². The Hall–Kier alpha value is -7.00. The fourth-order valence-corrected chi connectivity index (χ4v) is 8.10. The fraction of sp³-hybridized carbons (Fsp3) is 0.200.